The van der Waals surface area contributed by atoms with Crippen LogP contribution >= 0.6 is 11.6 Å². The van der Waals surface area contributed by atoms with Crippen molar-refractivity contribution in [2.24, 2.45) is 0 Å². The fourth-order valence-electron chi connectivity index (χ4n) is 4.15. The van der Waals surface area contributed by atoms with Gasteiger partial charge >= 0.3 is 6.03 Å². The lowest BCUT2D eigenvalue weighted by Crippen LogP contribution is -2.38. The minimum Gasteiger partial charge on any atom is -0.341 e. The number of urea groups is 1. The van der Waals surface area contributed by atoms with E-state index in [1.54, 1.807) is 18.2 Å². The van der Waals surface area contributed by atoms with Crippen LogP contribution in [0.25, 0.3) is 0 Å². The number of halogens is 2. The third-order valence-electron chi connectivity index (χ3n) is 5.53. The second-order valence-electron chi connectivity index (χ2n) is 7.17. The molecule has 0 aromatic heterocycles. The number of amides is 3. The number of nitrogens with zero attached hydrogens (tertiary/aromatic N) is 1. The molecule has 0 radical (unpaired) electrons. The van der Waals surface area contributed by atoms with E-state index in [4.69, 9.17) is 11.6 Å². The van der Waals surface area contributed by atoms with Gasteiger partial charge in [-0.25, -0.2) is 9.18 Å². The van der Waals surface area contributed by atoms with Crippen LogP contribution in [0.3, 0.4) is 0 Å². The van der Waals surface area contributed by atoms with Gasteiger partial charge in [0.25, 0.3) is 5.91 Å². The largest absolute Gasteiger partial charge is 0.341 e. The van der Waals surface area contributed by atoms with Gasteiger partial charge in [-0.2, -0.15) is 0 Å². The average Bonchev–Trinajstić information content (AvgIpc) is 3.29. The van der Waals surface area contributed by atoms with E-state index in [2.05, 4.69) is 17.6 Å². The molecule has 2 aliphatic heterocycles. The second-order valence-corrected chi connectivity index (χ2v) is 7.57. The fraction of sp³-hybridized carbons (Fsp3) is 0.333. The van der Waals surface area contributed by atoms with Gasteiger partial charge in [0.1, 0.15) is 5.82 Å². The molecule has 4 rings (SSSR count). The lowest BCUT2D eigenvalue weighted by atomic mass is 9.96. The summed E-state index contributed by atoms with van der Waals surface area (Å²) in [5, 5.41) is 6.17. The van der Waals surface area contributed by atoms with Crippen LogP contribution in [-0.2, 0) is 0 Å². The first-order valence-electron chi connectivity index (χ1n) is 9.46. The van der Waals surface area contributed by atoms with Crippen molar-refractivity contribution in [3.63, 3.8) is 0 Å². The molecule has 2 N–H and O–H groups in total. The molecule has 0 bridgehead atoms. The van der Waals surface area contributed by atoms with Gasteiger partial charge < -0.3 is 15.5 Å². The Bertz CT molecular complexity index is 949. The van der Waals surface area contributed by atoms with E-state index in [9.17, 15) is 14.0 Å². The van der Waals surface area contributed by atoms with E-state index in [1.807, 2.05) is 4.90 Å². The molecule has 7 heteroatoms. The molecule has 0 saturated carbocycles. The Kier molecular flexibility index (Phi) is 4.98. The first-order chi connectivity index (χ1) is 13.5. The standard InChI is InChI=1S/C21H21ClFN3O2/c1-2-13-5-4-10-26(13)21(28)24-17-7-3-6-14-18(17)19(25-20(14)27)15-11-12(23)8-9-16(15)22/h3,6-9,11,13,19H,2,4-5,10H2,1H3,(H,24,28)(H,25,27). The van der Waals surface area contributed by atoms with Gasteiger partial charge in [0.15, 0.2) is 0 Å². The van der Waals surface area contributed by atoms with Gasteiger partial charge in [0.2, 0.25) is 0 Å². The molecule has 146 valence electrons. The number of benzene rings is 2. The predicted molar refractivity (Wildman–Crippen MR) is 106 cm³/mol. The number of anilines is 1. The summed E-state index contributed by atoms with van der Waals surface area (Å²) in [6.07, 6.45) is 2.89. The topological polar surface area (TPSA) is 61.4 Å². The van der Waals surface area contributed by atoms with Crippen molar-refractivity contribution in [1.29, 1.82) is 0 Å². The molecule has 2 heterocycles. The number of hydrogen-bond donors (Lipinski definition) is 2. The number of rotatable bonds is 3. The molecule has 2 aliphatic rings. The molecule has 1 fully saturated rings. The Balaban J connectivity index is 1.71. The highest BCUT2D eigenvalue weighted by atomic mass is 35.5. The predicted octanol–water partition coefficient (Wildman–Crippen LogP) is 4.72. The van der Waals surface area contributed by atoms with E-state index in [0.29, 0.717) is 27.4 Å². The molecule has 2 unspecified atom stereocenters. The summed E-state index contributed by atoms with van der Waals surface area (Å²) in [4.78, 5) is 27.2. The highest BCUT2D eigenvalue weighted by Crippen LogP contribution is 2.39. The van der Waals surface area contributed by atoms with Crippen molar-refractivity contribution in [3.8, 4) is 0 Å². The van der Waals surface area contributed by atoms with Gasteiger partial charge in [0, 0.05) is 40.0 Å². The number of carbonyl (C=O) groups excluding carboxylic acids is 2. The molecule has 1 saturated heterocycles. The van der Waals surface area contributed by atoms with Crippen molar-refractivity contribution in [2.45, 2.75) is 38.3 Å². The summed E-state index contributed by atoms with van der Waals surface area (Å²) in [6, 6.07) is 8.66. The number of hydrogen-bond acceptors (Lipinski definition) is 2. The van der Waals surface area contributed by atoms with Crippen molar-refractivity contribution < 1.29 is 14.0 Å². The second kappa shape index (κ2) is 7.43. The minimum absolute atomic E-state index is 0.179. The fourth-order valence-corrected chi connectivity index (χ4v) is 4.37. The van der Waals surface area contributed by atoms with Gasteiger partial charge in [-0.3, -0.25) is 4.79 Å². The van der Waals surface area contributed by atoms with E-state index in [-0.39, 0.29) is 18.0 Å². The van der Waals surface area contributed by atoms with Crippen molar-refractivity contribution >= 4 is 29.2 Å². The molecule has 3 amide bonds. The van der Waals surface area contributed by atoms with E-state index >= 15 is 0 Å². The van der Waals surface area contributed by atoms with Crippen LogP contribution in [0.4, 0.5) is 14.9 Å². The molecule has 28 heavy (non-hydrogen) atoms. The average molecular weight is 402 g/mol. The van der Waals surface area contributed by atoms with E-state index in [0.717, 1.165) is 25.8 Å². The van der Waals surface area contributed by atoms with E-state index in [1.165, 1.54) is 18.2 Å². The highest BCUT2D eigenvalue weighted by Gasteiger charge is 2.35. The first-order valence-corrected chi connectivity index (χ1v) is 9.83. The minimum atomic E-state index is -0.622. The van der Waals surface area contributed by atoms with Crippen LogP contribution < -0.4 is 10.6 Å². The molecule has 0 spiro atoms. The normalized spacial score (nSPS) is 20.8. The summed E-state index contributed by atoms with van der Waals surface area (Å²) in [7, 11) is 0. The van der Waals surface area contributed by atoms with Crippen LogP contribution in [0, 0.1) is 5.82 Å². The Labute approximate surface area is 167 Å². The molecule has 2 atom stereocenters. The Morgan fingerprint density at radius 1 is 1.36 bits per heavy atom. The number of fused-ring (bicyclic) bond motifs is 1. The Hall–Kier alpha value is -2.60. The highest BCUT2D eigenvalue weighted by molar-refractivity contribution is 6.31. The van der Waals surface area contributed by atoms with Crippen molar-refractivity contribution in [1.82, 2.24) is 10.2 Å². The maximum absolute atomic E-state index is 13.8. The molecule has 0 aliphatic carbocycles. The lowest BCUT2D eigenvalue weighted by Gasteiger charge is -2.25. The maximum atomic E-state index is 13.8. The maximum Gasteiger partial charge on any atom is 0.322 e. The quantitative estimate of drug-likeness (QED) is 0.781. The number of nitrogens with one attached hydrogen (secondary N) is 2. The molecule has 5 nitrogen and oxygen atoms in total. The zero-order valence-corrected chi connectivity index (χ0v) is 16.2. The van der Waals surface area contributed by atoms with Crippen LogP contribution in [0.2, 0.25) is 5.02 Å². The monoisotopic (exact) mass is 401 g/mol. The third kappa shape index (κ3) is 3.22. The van der Waals surface area contributed by atoms with Crippen LogP contribution in [0.5, 0.6) is 0 Å². The Morgan fingerprint density at radius 3 is 2.96 bits per heavy atom. The van der Waals surface area contributed by atoms with Crippen LogP contribution in [0.15, 0.2) is 36.4 Å². The summed E-state index contributed by atoms with van der Waals surface area (Å²) >= 11 is 6.28. The summed E-state index contributed by atoms with van der Waals surface area (Å²) in [6.45, 7) is 2.79. The van der Waals surface area contributed by atoms with Crippen LogP contribution in [0.1, 0.15) is 53.7 Å². The molecular formula is C21H21ClFN3O2. The van der Waals surface area contributed by atoms with Crippen molar-refractivity contribution in [2.75, 3.05) is 11.9 Å². The summed E-state index contributed by atoms with van der Waals surface area (Å²) < 4.78 is 13.8. The number of likely N-dealkylation sites (tertiary alicyclic amines) is 1. The summed E-state index contributed by atoms with van der Waals surface area (Å²) in [5.74, 6) is -0.712. The third-order valence-corrected chi connectivity index (χ3v) is 5.88. The van der Waals surface area contributed by atoms with Gasteiger partial charge in [-0.05, 0) is 49.6 Å². The summed E-state index contributed by atoms with van der Waals surface area (Å²) in [5.41, 5.74) is 2.06. The molecule has 2 aromatic rings. The molecule has 2 aromatic carbocycles. The Morgan fingerprint density at radius 2 is 2.18 bits per heavy atom. The van der Waals surface area contributed by atoms with Crippen LogP contribution in [-0.4, -0.2) is 29.4 Å². The van der Waals surface area contributed by atoms with Gasteiger partial charge in [0.05, 0.1) is 6.04 Å². The van der Waals surface area contributed by atoms with Gasteiger partial charge in [-0.15, -0.1) is 0 Å². The zero-order valence-electron chi connectivity index (χ0n) is 15.5. The van der Waals surface area contributed by atoms with E-state index < -0.39 is 11.9 Å². The lowest BCUT2D eigenvalue weighted by molar-refractivity contribution is 0.0960. The first kappa shape index (κ1) is 18.7. The molecular weight excluding hydrogens is 381 g/mol. The SMILES string of the molecule is CCC1CCCN1C(=O)Nc1cccc2c1C(c1cc(F)ccc1Cl)NC2=O. The van der Waals surface area contributed by atoms with Gasteiger partial charge in [-0.1, -0.05) is 24.6 Å². The zero-order chi connectivity index (χ0) is 19.8. The van der Waals surface area contributed by atoms with Crippen molar-refractivity contribution in [3.05, 3.63) is 63.9 Å². The number of carbonyl (C=O) groups is 2. The smallest absolute Gasteiger partial charge is 0.322 e.